The number of ether oxygens (including phenoxy) is 1. The number of morpholine rings is 1. The predicted octanol–water partition coefficient (Wildman–Crippen LogP) is 0.197. The van der Waals surface area contributed by atoms with E-state index in [9.17, 15) is 4.79 Å². The van der Waals surface area contributed by atoms with Gasteiger partial charge in [0.1, 0.15) is 0 Å². The normalized spacial score (nSPS) is 23.7. The van der Waals surface area contributed by atoms with Gasteiger partial charge in [-0.3, -0.25) is 9.69 Å². The lowest BCUT2D eigenvalue weighted by Crippen LogP contribution is -2.52. The largest absolute Gasteiger partial charge is 0.374 e. The van der Waals surface area contributed by atoms with Crippen LogP contribution < -0.4 is 11.1 Å². The average Bonchev–Trinajstić information content (AvgIpc) is 2.34. The van der Waals surface area contributed by atoms with Crippen LogP contribution in [0.2, 0.25) is 0 Å². The Kier molecular flexibility index (Phi) is 5.56. The zero-order valence-corrected chi connectivity index (χ0v) is 12.0. The minimum Gasteiger partial charge on any atom is -0.374 e. The number of carbonyl (C=O) groups excluding carboxylic acids is 1. The third-order valence-corrected chi connectivity index (χ3v) is 3.39. The summed E-state index contributed by atoms with van der Waals surface area (Å²) in [6.07, 6.45) is 0.0785. The van der Waals surface area contributed by atoms with Crippen LogP contribution in [0.5, 0.6) is 0 Å². The molecule has 1 fully saturated rings. The van der Waals surface area contributed by atoms with Crippen molar-refractivity contribution >= 4 is 5.91 Å². The van der Waals surface area contributed by atoms with Gasteiger partial charge in [0.05, 0.1) is 18.8 Å². The Morgan fingerprint density at radius 3 is 2.78 bits per heavy atom. The number of hydrogen-bond acceptors (Lipinski definition) is 4. The van der Waals surface area contributed by atoms with Crippen LogP contribution in [0.3, 0.4) is 0 Å². The number of nitrogens with two attached hydrogens (primary N) is 1. The second kappa shape index (κ2) is 6.50. The summed E-state index contributed by atoms with van der Waals surface area (Å²) in [5.74, 6) is -0.0975. The molecule has 5 heteroatoms. The molecule has 0 aromatic carbocycles. The van der Waals surface area contributed by atoms with E-state index in [0.717, 1.165) is 26.2 Å². The van der Waals surface area contributed by atoms with E-state index < -0.39 is 6.04 Å². The van der Waals surface area contributed by atoms with Crippen molar-refractivity contribution in [3.63, 3.8) is 0 Å². The standard InChI is InChI=1S/C13H27N3O2/c1-5-16-6-7-18-10(9-16)8-15-12(17)11(14)13(2,3)4/h10-11H,5-9,14H2,1-4H3,(H,15,17)/t10?,11-/m1/s1. The molecule has 1 heterocycles. The quantitative estimate of drug-likeness (QED) is 0.755. The molecule has 0 spiro atoms. The first-order valence-corrected chi connectivity index (χ1v) is 6.72. The fourth-order valence-corrected chi connectivity index (χ4v) is 1.91. The van der Waals surface area contributed by atoms with Crippen molar-refractivity contribution in [1.29, 1.82) is 0 Å². The number of rotatable bonds is 4. The Labute approximate surface area is 110 Å². The zero-order chi connectivity index (χ0) is 13.8. The molecule has 0 aliphatic carbocycles. The van der Waals surface area contributed by atoms with Gasteiger partial charge < -0.3 is 15.8 Å². The van der Waals surface area contributed by atoms with E-state index in [4.69, 9.17) is 10.5 Å². The molecule has 2 atom stereocenters. The maximum Gasteiger partial charge on any atom is 0.237 e. The molecule has 1 amide bonds. The number of carbonyl (C=O) groups is 1. The van der Waals surface area contributed by atoms with Crippen molar-refractivity contribution in [3.05, 3.63) is 0 Å². The van der Waals surface area contributed by atoms with Crippen molar-refractivity contribution in [2.24, 2.45) is 11.1 Å². The van der Waals surface area contributed by atoms with E-state index in [1.54, 1.807) is 0 Å². The van der Waals surface area contributed by atoms with Gasteiger partial charge in [-0.05, 0) is 12.0 Å². The Morgan fingerprint density at radius 2 is 2.22 bits per heavy atom. The third-order valence-electron chi connectivity index (χ3n) is 3.39. The number of likely N-dealkylation sites (N-methyl/N-ethyl adjacent to an activating group) is 1. The van der Waals surface area contributed by atoms with Gasteiger partial charge in [-0.25, -0.2) is 0 Å². The van der Waals surface area contributed by atoms with E-state index in [0.29, 0.717) is 6.54 Å². The van der Waals surface area contributed by atoms with Crippen LogP contribution in [0.15, 0.2) is 0 Å². The molecule has 18 heavy (non-hydrogen) atoms. The van der Waals surface area contributed by atoms with Crippen molar-refractivity contribution in [1.82, 2.24) is 10.2 Å². The SMILES string of the molecule is CCN1CCOC(CNC(=O)[C@@H](N)C(C)(C)C)C1. The van der Waals surface area contributed by atoms with Crippen LogP contribution in [0, 0.1) is 5.41 Å². The first-order chi connectivity index (χ1) is 8.34. The van der Waals surface area contributed by atoms with Gasteiger partial charge in [0.2, 0.25) is 5.91 Å². The monoisotopic (exact) mass is 257 g/mol. The van der Waals surface area contributed by atoms with Gasteiger partial charge in [0.25, 0.3) is 0 Å². The number of nitrogens with one attached hydrogen (secondary N) is 1. The van der Waals surface area contributed by atoms with Crippen molar-refractivity contribution in [2.45, 2.75) is 39.8 Å². The van der Waals surface area contributed by atoms with E-state index in [-0.39, 0.29) is 17.4 Å². The number of hydrogen-bond donors (Lipinski definition) is 2. The maximum atomic E-state index is 11.9. The Balaban J connectivity index is 2.34. The van der Waals surface area contributed by atoms with Gasteiger partial charge in [-0.1, -0.05) is 27.7 Å². The van der Waals surface area contributed by atoms with Crippen LogP contribution in [0.1, 0.15) is 27.7 Å². The molecule has 1 unspecified atom stereocenters. The lowest BCUT2D eigenvalue weighted by atomic mass is 9.87. The molecule has 106 valence electrons. The third kappa shape index (κ3) is 4.55. The smallest absolute Gasteiger partial charge is 0.237 e. The number of nitrogens with zero attached hydrogens (tertiary/aromatic N) is 1. The summed E-state index contributed by atoms with van der Waals surface area (Å²) in [5.41, 5.74) is 5.68. The molecule has 0 radical (unpaired) electrons. The molecule has 3 N–H and O–H groups in total. The van der Waals surface area contributed by atoms with Crippen molar-refractivity contribution in [2.75, 3.05) is 32.8 Å². The fraction of sp³-hybridized carbons (Fsp3) is 0.923. The maximum absolute atomic E-state index is 11.9. The van der Waals surface area contributed by atoms with Crippen molar-refractivity contribution < 1.29 is 9.53 Å². The minimum absolute atomic E-state index is 0.0785. The highest BCUT2D eigenvalue weighted by atomic mass is 16.5. The summed E-state index contributed by atoms with van der Waals surface area (Å²) >= 11 is 0. The van der Waals surface area contributed by atoms with Crippen LogP contribution in [0.25, 0.3) is 0 Å². The van der Waals surface area contributed by atoms with Crippen LogP contribution >= 0.6 is 0 Å². The summed E-state index contributed by atoms with van der Waals surface area (Å²) in [6, 6.07) is -0.483. The van der Waals surface area contributed by atoms with Gasteiger partial charge in [-0.15, -0.1) is 0 Å². The van der Waals surface area contributed by atoms with Gasteiger partial charge in [0, 0.05) is 19.6 Å². The minimum atomic E-state index is -0.483. The molecule has 1 rings (SSSR count). The van der Waals surface area contributed by atoms with E-state index >= 15 is 0 Å². The first kappa shape index (κ1) is 15.4. The summed E-state index contributed by atoms with van der Waals surface area (Å²) in [7, 11) is 0. The molecule has 0 aromatic heterocycles. The molecule has 0 saturated carbocycles. The summed E-state index contributed by atoms with van der Waals surface area (Å²) < 4.78 is 5.63. The highest BCUT2D eigenvalue weighted by Gasteiger charge is 2.28. The Bertz CT molecular complexity index is 276. The highest BCUT2D eigenvalue weighted by molar-refractivity contribution is 5.82. The molecule has 1 aliphatic rings. The summed E-state index contributed by atoms with van der Waals surface area (Å²) in [5, 5.41) is 2.89. The summed E-state index contributed by atoms with van der Waals surface area (Å²) in [4.78, 5) is 14.2. The Hall–Kier alpha value is -0.650. The second-order valence-electron chi connectivity index (χ2n) is 5.97. The molecule has 0 aromatic rings. The average molecular weight is 257 g/mol. The van der Waals surface area contributed by atoms with E-state index in [1.165, 1.54) is 0 Å². The van der Waals surface area contributed by atoms with Crippen molar-refractivity contribution in [3.8, 4) is 0 Å². The van der Waals surface area contributed by atoms with E-state index in [2.05, 4.69) is 17.1 Å². The van der Waals surface area contributed by atoms with Crippen LogP contribution in [0.4, 0.5) is 0 Å². The molecule has 1 aliphatic heterocycles. The van der Waals surface area contributed by atoms with Gasteiger partial charge in [-0.2, -0.15) is 0 Å². The summed E-state index contributed by atoms with van der Waals surface area (Å²) in [6.45, 7) is 12.2. The number of amides is 1. The fourth-order valence-electron chi connectivity index (χ4n) is 1.91. The molecular weight excluding hydrogens is 230 g/mol. The molecular formula is C13H27N3O2. The van der Waals surface area contributed by atoms with E-state index in [1.807, 2.05) is 20.8 Å². The first-order valence-electron chi connectivity index (χ1n) is 6.72. The van der Waals surface area contributed by atoms with Crippen LogP contribution in [-0.2, 0) is 9.53 Å². The lowest BCUT2D eigenvalue weighted by Gasteiger charge is -2.33. The molecule has 0 bridgehead atoms. The molecule has 5 nitrogen and oxygen atoms in total. The topological polar surface area (TPSA) is 67.6 Å². The molecule has 1 saturated heterocycles. The predicted molar refractivity (Wildman–Crippen MR) is 72.3 cm³/mol. The Morgan fingerprint density at radius 1 is 1.56 bits per heavy atom. The van der Waals surface area contributed by atoms with Gasteiger partial charge in [0.15, 0.2) is 0 Å². The lowest BCUT2D eigenvalue weighted by molar-refractivity contribution is -0.125. The van der Waals surface area contributed by atoms with Gasteiger partial charge >= 0.3 is 0 Å². The van der Waals surface area contributed by atoms with Crippen LogP contribution in [-0.4, -0.2) is 55.7 Å². The second-order valence-corrected chi connectivity index (χ2v) is 5.97. The highest BCUT2D eigenvalue weighted by Crippen LogP contribution is 2.17. The zero-order valence-electron chi connectivity index (χ0n) is 12.0.